The lowest BCUT2D eigenvalue weighted by Crippen LogP contribution is -2.20. The van der Waals surface area contributed by atoms with Crippen molar-refractivity contribution in [1.82, 2.24) is 0 Å². The summed E-state index contributed by atoms with van der Waals surface area (Å²) in [7, 11) is 0. The second-order valence-corrected chi connectivity index (χ2v) is 4.66. The summed E-state index contributed by atoms with van der Waals surface area (Å²) in [6.45, 7) is 4.35. The first kappa shape index (κ1) is 11.2. The van der Waals surface area contributed by atoms with Crippen molar-refractivity contribution in [2.24, 2.45) is 5.92 Å². The second kappa shape index (κ2) is 4.69. The first-order valence-electron chi connectivity index (χ1n) is 5.91. The van der Waals surface area contributed by atoms with Gasteiger partial charge in [0.25, 0.3) is 0 Å². The van der Waals surface area contributed by atoms with Crippen LogP contribution in [0, 0.1) is 12.8 Å². The molecule has 1 aliphatic rings. The molecule has 0 heterocycles. The zero-order valence-electron chi connectivity index (χ0n) is 9.95. The van der Waals surface area contributed by atoms with Crippen molar-refractivity contribution >= 4 is 5.78 Å². The van der Waals surface area contributed by atoms with Crippen LogP contribution in [0.25, 0.3) is 0 Å². The quantitative estimate of drug-likeness (QED) is 0.724. The average Bonchev–Trinajstić information content (AvgIpc) is 2.14. The number of rotatable bonds is 4. The Labute approximate surface area is 96.6 Å². The molecule has 0 aromatic heterocycles. The van der Waals surface area contributed by atoms with Gasteiger partial charge in [-0.25, -0.2) is 0 Å². The lowest BCUT2D eigenvalue weighted by molar-refractivity contribution is 0.101. The summed E-state index contributed by atoms with van der Waals surface area (Å²) in [6.07, 6.45) is 3.85. The Morgan fingerprint density at radius 1 is 1.44 bits per heavy atom. The van der Waals surface area contributed by atoms with Gasteiger partial charge in [0, 0.05) is 0 Å². The fourth-order valence-corrected chi connectivity index (χ4v) is 1.91. The molecule has 1 aromatic carbocycles. The van der Waals surface area contributed by atoms with Crippen LogP contribution in [0.1, 0.15) is 42.1 Å². The van der Waals surface area contributed by atoms with E-state index < -0.39 is 0 Å². The van der Waals surface area contributed by atoms with Crippen molar-refractivity contribution in [3.05, 3.63) is 29.3 Å². The van der Waals surface area contributed by atoms with Crippen molar-refractivity contribution in [2.75, 3.05) is 6.61 Å². The zero-order valence-corrected chi connectivity index (χ0v) is 9.95. The van der Waals surface area contributed by atoms with Gasteiger partial charge < -0.3 is 4.74 Å². The van der Waals surface area contributed by atoms with Crippen molar-refractivity contribution in [3.8, 4) is 5.75 Å². The Balaban J connectivity index is 2.09. The third-order valence-electron chi connectivity index (χ3n) is 3.22. The van der Waals surface area contributed by atoms with E-state index in [2.05, 4.69) is 0 Å². The molecule has 0 unspecified atom stereocenters. The van der Waals surface area contributed by atoms with Gasteiger partial charge in [0.05, 0.1) is 12.2 Å². The number of carbonyl (C=O) groups is 1. The minimum Gasteiger partial charge on any atom is -0.493 e. The summed E-state index contributed by atoms with van der Waals surface area (Å²) in [6, 6.07) is 5.76. The smallest absolute Gasteiger partial charge is 0.163 e. The van der Waals surface area contributed by atoms with Crippen LogP contribution in [-0.2, 0) is 0 Å². The number of Topliss-reactive ketones (excluding diaryl/α,β-unsaturated/α-hetero) is 1. The van der Waals surface area contributed by atoms with Crippen LogP contribution in [0.3, 0.4) is 0 Å². The van der Waals surface area contributed by atoms with E-state index in [4.69, 9.17) is 4.74 Å². The average molecular weight is 218 g/mol. The fraction of sp³-hybridized carbons (Fsp3) is 0.500. The van der Waals surface area contributed by atoms with E-state index >= 15 is 0 Å². The van der Waals surface area contributed by atoms with Crippen LogP contribution in [0.15, 0.2) is 18.2 Å². The van der Waals surface area contributed by atoms with Crippen LogP contribution >= 0.6 is 0 Å². The van der Waals surface area contributed by atoms with Crippen LogP contribution in [0.4, 0.5) is 0 Å². The van der Waals surface area contributed by atoms with Crippen molar-refractivity contribution in [2.45, 2.75) is 33.1 Å². The third-order valence-corrected chi connectivity index (χ3v) is 3.22. The highest BCUT2D eigenvalue weighted by molar-refractivity contribution is 5.96. The van der Waals surface area contributed by atoms with E-state index in [0.717, 1.165) is 17.9 Å². The molecule has 2 nitrogen and oxygen atoms in total. The highest BCUT2D eigenvalue weighted by Gasteiger charge is 2.19. The van der Waals surface area contributed by atoms with Gasteiger partial charge in [0.15, 0.2) is 5.78 Å². The van der Waals surface area contributed by atoms with Gasteiger partial charge in [0.2, 0.25) is 0 Å². The van der Waals surface area contributed by atoms with Gasteiger partial charge in [-0.1, -0.05) is 12.5 Å². The maximum absolute atomic E-state index is 11.4. The van der Waals surface area contributed by atoms with Crippen molar-refractivity contribution in [3.63, 3.8) is 0 Å². The Hall–Kier alpha value is -1.31. The van der Waals surface area contributed by atoms with E-state index in [1.54, 1.807) is 6.92 Å². The lowest BCUT2D eigenvalue weighted by Gasteiger charge is -2.25. The molecule has 1 fully saturated rings. The number of aryl methyl sites for hydroxylation is 1. The summed E-state index contributed by atoms with van der Waals surface area (Å²) in [5, 5.41) is 0. The summed E-state index contributed by atoms with van der Waals surface area (Å²) in [5.41, 5.74) is 1.83. The monoisotopic (exact) mass is 218 g/mol. The molecule has 2 heteroatoms. The molecule has 86 valence electrons. The van der Waals surface area contributed by atoms with E-state index in [0.29, 0.717) is 11.5 Å². The predicted molar refractivity (Wildman–Crippen MR) is 64.0 cm³/mol. The number of hydrogen-bond acceptors (Lipinski definition) is 2. The summed E-state index contributed by atoms with van der Waals surface area (Å²) in [5.74, 6) is 1.52. The van der Waals surface area contributed by atoms with Gasteiger partial charge >= 0.3 is 0 Å². The van der Waals surface area contributed by atoms with E-state index in [1.165, 1.54) is 19.3 Å². The molecule has 0 saturated heterocycles. The molecule has 1 saturated carbocycles. The molecule has 16 heavy (non-hydrogen) atoms. The third kappa shape index (κ3) is 2.43. The van der Waals surface area contributed by atoms with E-state index in [9.17, 15) is 4.79 Å². The highest BCUT2D eigenvalue weighted by atomic mass is 16.5. The topological polar surface area (TPSA) is 26.3 Å². The molecular formula is C14H18O2. The Morgan fingerprint density at radius 3 is 2.75 bits per heavy atom. The minimum atomic E-state index is 0.0728. The minimum absolute atomic E-state index is 0.0728. The van der Waals surface area contributed by atoms with Crippen LogP contribution in [0.5, 0.6) is 5.75 Å². The fourth-order valence-electron chi connectivity index (χ4n) is 1.91. The van der Waals surface area contributed by atoms with Crippen LogP contribution in [-0.4, -0.2) is 12.4 Å². The SMILES string of the molecule is CC(=O)c1ccc(C)cc1OCC1CCC1. The van der Waals surface area contributed by atoms with Crippen molar-refractivity contribution in [1.29, 1.82) is 0 Å². The van der Waals surface area contributed by atoms with Crippen LogP contribution in [0.2, 0.25) is 0 Å². The van der Waals surface area contributed by atoms with Gasteiger partial charge in [-0.05, 0) is 50.3 Å². The number of ether oxygens (including phenoxy) is 1. The number of ketones is 1. The molecule has 0 atom stereocenters. The first-order chi connectivity index (χ1) is 7.66. The Kier molecular flexibility index (Phi) is 3.28. The van der Waals surface area contributed by atoms with Gasteiger partial charge in [0.1, 0.15) is 5.75 Å². The molecule has 0 spiro atoms. The predicted octanol–water partition coefficient (Wildman–Crippen LogP) is 3.38. The van der Waals surface area contributed by atoms with Crippen molar-refractivity contribution < 1.29 is 9.53 Å². The zero-order chi connectivity index (χ0) is 11.5. The molecule has 0 N–H and O–H groups in total. The molecule has 0 aliphatic heterocycles. The van der Waals surface area contributed by atoms with E-state index in [1.807, 2.05) is 25.1 Å². The maximum Gasteiger partial charge on any atom is 0.163 e. The maximum atomic E-state index is 11.4. The number of carbonyl (C=O) groups excluding carboxylic acids is 1. The summed E-state index contributed by atoms with van der Waals surface area (Å²) < 4.78 is 5.76. The molecule has 0 amide bonds. The largest absolute Gasteiger partial charge is 0.493 e. The number of hydrogen-bond donors (Lipinski definition) is 0. The normalized spacial score (nSPS) is 15.6. The van der Waals surface area contributed by atoms with Crippen LogP contribution < -0.4 is 4.74 Å². The molecule has 1 aromatic rings. The van der Waals surface area contributed by atoms with Gasteiger partial charge in [-0.3, -0.25) is 4.79 Å². The molecule has 2 rings (SSSR count). The lowest BCUT2D eigenvalue weighted by atomic mass is 9.86. The molecular weight excluding hydrogens is 200 g/mol. The standard InChI is InChI=1S/C14H18O2/c1-10-6-7-13(11(2)15)14(8-10)16-9-12-4-3-5-12/h6-8,12H,3-5,9H2,1-2H3. The van der Waals surface area contributed by atoms with Gasteiger partial charge in [-0.15, -0.1) is 0 Å². The molecule has 1 aliphatic carbocycles. The first-order valence-corrected chi connectivity index (χ1v) is 5.91. The Bertz CT molecular complexity index is 392. The second-order valence-electron chi connectivity index (χ2n) is 4.66. The summed E-state index contributed by atoms with van der Waals surface area (Å²) in [4.78, 5) is 11.4. The van der Waals surface area contributed by atoms with E-state index in [-0.39, 0.29) is 5.78 Å². The number of benzene rings is 1. The van der Waals surface area contributed by atoms with Gasteiger partial charge in [-0.2, -0.15) is 0 Å². The molecule has 0 bridgehead atoms. The highest BCUT2D eigenvalue weighted by Crippen LogP contribution is 2.28. The summed E-state index contributed by atoms with van der Waals surface area (Å²) >= 11 is 0. The molecule has 0 radical (unpaired) electrons. The Morgan fingerprint density at radius 2 is 2.19 bits per heavy atom.